The number of carboxylic acid groups (broad SMARTS) is 1. The third-order valence-electron chi connectivity index (χ3n) is 8.50. The van der Waals surface area contributed by atoms with Crippen molar-refractivity contribution in [3.05, 3.63) is 52.7 Å². The molecule has 3 aromatic rings. The Balaban J connectivity index is 0.00000145. The number of amides is 4. The third kappa shape index (κ3) is 7.73. The Morgan fingerprint density at radius 2 is 1.75 bits per heavy atom. The predicted octanol–water partition coefficient (Wildman–Crippen LogP) is 3.59. The Bertz CT molecular complexity index is 1680. The van der Waals surface area contributed by atoms with E-state index in [0.29, 0.717) is 26.2 Å². The lowest BCUT2D eigenvalue weighted by Crippen LogP contribution is -2.54. The molecule has 14 nitrogen and oxygen atoms in total. The van der Waals surface area contributed by atoms with Crippen LogP contribution in [0.4, 0.5) is 23.7 Å². The zero-order valence-electron chi connectivity index (χ0n) is 25.9. The van der Waals surface area contributed by atoms with Crippen LogP contribution in [0.5, 0.6) is 0 Å². The number of imidazole rings is 1. The number of hydrogen-bond donors (Lipinski definition) is 4. The highest BCUT2D eigenvalue weighted by Gasteiger charge is 2.40. The Labute approximate surface area is 278 Å². The largest absolute Gasteiger partial charge is 0.483 e. The van der Waals surface area contributed by atoms with E-state index in [9.17, 15) is 27.6 Å². The highest BCUT2D eigenvalue weighted by Crippen LogP contribution is 2.41. The standard InChI is InChI=1S/C29H33ClF3N9O3.CH2O2/c1-39-23(21-15-42(19-5-6-19)38-24(21)29(31,32)33)14-35-25(39)26(43)36-18-4-7-20(22(30)13-18)27(44)40-8-10-41(11-9-40)28(45)37-17-3-2-16(34)12-17;2-1-3/h4,7,13-17,19H,2-3,5-6,8-12,34H2,1H3,(H,36,43)(H,37,45);1H,(H,2,3)/t16-,17-;/m1./s1. The number of hydrogen-bond acceptors (Lipinski definition) is 7. The molecule has 258 valence electrons. The second kappa shape index (κ2) is 14.2. The lowest BCUT2D eigenvalue weighted by molar-refractivity contribution is -0.141. The number of carbonyl (C=O) groups excluding carboxylic acids is 3. The first-order chi connectivity index (χ1) is 22.8. The molecule has 0 bridgehead atoms. The molecule has 18 heteroatoms. The van der Waals surface area contributed by atoms with E-state index in [4.69, 9.17) is 27.2 Å². The van der Waals surface area contributed by atoms with Gasteiger partial charge in [0.2, 0.25) is 0 Å². The molecule has 0 unspecified atom stereocenters. The van der Waals surface area contributed by atoms with Crippen LogP contribution in [0.2, 0.25) is 5.02 Å². The molecular formula is C30H35ClF3N9O5. The number of halogens is 4. The van der Waals surface area contributed by atoms with Crippen LogP contribution in [-0.4, -0.2) is 96.8 Å². The fourth-order valence-electron chi connectivity index (χ4n) is 5.84. The number of alkyl halides is 3. The summed E-state index contributed by atoms with van der Waals surface area (Å²) in [6.07, 6.45) is 1.91. The van der Waals surface area contributed by atoms with Gasteiger partial charge in [-0.2, -0.15) is 18.3 Å². The number of anilines is 1. The Hall–Kier alpha value is -4.64. The molecule has 4 amide bonds. The molecule has 0 radical (unpaired) electrons. The van der Waals surface area contributed by atoms with Crippen molar-refractivity contribution < 1.29 is 37.5 Å². The zero-order valence-corrected chi connectivity index (χ0v) is 26.7. The maximum absolute atomic E-state index is 13.7. The fraction of sp³-hybridized carbons (Fsp3) is 0.467. The lowest BCUT2D eigenvalue weighted by atomic mass is 10.1. The van der Waals surface area contributed by atoms with Crippen LogP contribution in [-0.2, 0) is 18.0 Å². The van der Waals surface area contributed by atoms with Crippen molar-refractivity contribution in [1.82, 2.24) is 34.4 Å². The number of urea groups is 1. The number of nitrogens with two attached hydrogens (primary N) is 1. The first-order valence-corrected chi connectivity index (χ1v) is 15.7. The Morgan fingerprint density at radius 1 is 1.08 bits per heavy atom. The van der Waals surface area contributed by atoms with Crippen molar-refractivity contribution >= 4 is 41.6 Å². The van der Waals surface area contributed by atoms with Gasteiger partial charge in [0, 0.05) is 57.2 Å². The zero-order chi connectivity index (χ0) is 34.7. The van der Waals surface area contributed by atoms with E-state index in [1.165, 1.54) is 46.9 Å². The molecule has 1 aromatic carbocycles. The maximum atomic E-state index is 13.7. The van der Waals surface area contributed by atoms with Gasteiger partial charge in [-0.25, -0.2) is 9.78 Å². The van der Waals surface area contributed by atoms with Crippen molar-refractivity contribution in [2.75, 3.05) is 31.5 Å². The van der Waals surface area contributed by atoms with Crippen LogP contribution >= 0.6 is 11.6 Å². The molecule has 3 heterocycles. The van der Waals surface area contributed by atoms with Crippen molar-refractivity contribution in [3.63, 3.8) is 0 Å². The van der Waals surface area contributed by atoms with Crippen molar-refractivity contribution in [2.24, 2.45) is 12.8 Å². The summed E-state index contributed by atoms with van der Waals surface area (Å²) in [5.41, 5.74) is 5.35. The summed E-state index contributed by atoms with van der Waals surface area (Å²) >= 11 is 6.45. The maximum Gasteiger partial charge on any atom is 0.435 e. The molecule has 2 saturated carbocycles. The van der Waals surface area contributed by atoms with E-state index in [1.807, 2.05) is 0 Å². The molecule has 48 heavy (non-hydrogen) atoms. The highest BCUT2D eigenvalue weighted by atomic mass is 35.5. The minimum atomic E-state index is -4.68. The van der Waals surface area contributed by atoms with E-state index >= 15 is 0 Å². The average Bonchev–Trinajstić information content (AvgIpc) is 3.45. The molecule has 1 aliphatic heterocycles. The molecule has 2 aromatic heterocycles. The Kier molecular flexibility index (Phi) is 10.3. The molecule has 3 fully saturated rings. The van der Waals surface area contributed by atoms with E-state index in [0.717, 1.165) is 32.1 Å². The first kappa shape index (κ1) is 34.7. The average molecular weight is 694 g/mol. The minimum Gasteiger partial charge on any atom is -0.483 e. The number of nitrogens with zero attached hydrogens (tertiary/aromatic N) is 6. The van der Waals surface area contributed by atoms with E-state index in [1.54, 1.807) is 9.80 Å². The summed E-state index contributed by atoms with van der Waals surface area (Å²) < 4.78 is 43.8. The van der Waals surface area contributed by atoms with Gasteiger partial charge < -0.3 is 35.8 Å². The summed E-state index contributed by atoms with van der Waals surface area (Å²) in [6.45, 7) is 1.17. The molecule has 1 saturated heterocycles. The summed E-state index contributed by atoms with van der Waals surface area (Å²) in [4.78, 5) is 54.6. The van der Waals surface area contributed by atoms with Gasteiger partial charge in [-0.05, 0) is 50.3 Å². The van der Waals surface area contributed by atoms with Gasteiger partial charge in [0.05, 0.1) is 34.1 Å². The quantitative estimate of drug-likeness (QED) is 0.283. The third-order valence-corrected chi connectivity index (χ3v) is 8.81. The van der Waals surface area contributed by atoms with Gasteiger partial charge >= 0.3 is 12.2 Å². The molecule has 3 aliphatic rings. The number of nitrogens with one attached hydrogen (secondary N) is 2. The van der Waals surface area contributed by atoms with Crippen molar-refractivity contribution in [1.29, 1.82) is 0 Å². The van der Waals surface area contributed by atoms with E-state index in [-0.39, 0.29) is 69.9 Å². The van der Waals surface area contributed by atoms with Crippen LogP contribution < -0.4 is 16.4 Å². The summed E-state index contributed by atoms with van der Waals surface area (Å²) in [5.74, 6) is -1.09. The normalized spacial score (nSPS) is 19.4. The number of benzene rings is 1. The summed E-state index contributed by atoms with van der Waals surface area (Å²) in [6, 6.07) is 4.39. The van der Waals surface area contributed by atoms with Gasteiger partial charge in [0.1, 0.15) is 0 Å². The van der Waals surface area contributed by atoms with Crippen LogP contribution in [0.3, 0.4) is 0 Å². The van der Waals surface area contributed by atoms with Crippen LogP contribution in [0.15, 0.2) is 30.6 Å². The van der Waals surface area contributed by atoms with Gasteiger partial charge in [0.15, 0.2) is 11.5 Å². The second-order valence-electron chi connectivity index (χ2n) is 11.9. The molecule has 6 rings (SSSR count). The molecule has 5 N–H and O–H groups in total. The molecule has 2 aliphatic carbocycles. The first-order valence-electron chi connectivity index (χ1n) is 15.3. The van der Waals surface area contributed by atoms with Gasteiger partial charge in [-0.3, -0.25) is 19.1 Å². The fourth-order valence-corrected chi connectivity index (χ4v) is 6.10. The van der Waals surface area contributed by atoms with Gasteiger partial charge in [-0.1, -0.05) is 11.6 Å². The number of rotatable bonds is 6. The summed E-state index contributed by atoms with van der Waals surface area (Å²) in [7, 11) is 1.45. The second-order valence-corrected chi connectivity index (χ2v) is 12.3. The van der Waals surface area contributed by atoms with Crippen molar-refractivity contribution in [3.8, 4) is 11.3 Å². The van der Waals surface area contributed by atoms with Crippen LogP contribution in [0.25, 0.3) is 11.3 Å². The number of aromatic nitrogens is 4. The smallest absolute Gasteiger partial charge is 0.435 e. The van der Waals surface area contributed by atoms with Crippen molar-refractivity contribution in [2.45, 2.75) is 56.4 Å². The SMILES string of the molecule is Cn1c(-c2cn(C3CC3)nc2C(F)(F)F)cnc1C(=O)Nc1ccc(C(=O)N2CCN(C(=O)N[C@@H]3CC[C@@H](N)C3)CC2)c(Cl)c1.O=CO. The van der Waals surface area contributed by atoms with Gasteiger partial charge in [0.25, 0.3) is 18.3 Å². The van der Waals surface area contributed by atoms with E-state index in [2.05, 4.69) is 20.7 Å². The Morgan fingerprint density at radius 3 is 2.33 bits per heavy atom. The van der Waals surface area contributed by atoms with Crippen LogP contribution in [0.1, 0.15) is 64.8 Å². The molecule has 2 atom stereocenters. The van der Waals surface area contributed by atoms with E-state index < -0.39 is 17.8 Å². The summed E-state index contributed by atoms with van der Waals surface area (Å²) in [5, 5.41) is 16.4. The van der Waals surface area contributed by atoms with Crippen LogP contribution in [0, 0.1) is 0 Å². The predicted molar refractivity (Wildman–Crippen MR) is 167 cm³/mol. The number of carbonyl (C=O) groups is 4. The topological polar surface area (TPSA) is 181 Å². The number of piperazine rings is 1. The lowest BCUT2D eigenvalue weighted by Gasteiger charge is -2.35. The monoisotopic (exact) mass is 693 g/mol. The highest BCUT2D eigenvalue weighted by molar-refractivity contribution is 6.34. The minimum absolute atomic E-state index is 0.0619. The molecular weight excluding hydrogens is 659 g/mol. The molecule has 0 spiro atoms. The van der Waals surface area contributed by atoms with Gasteiger partial charge in [-0.15, -0.1) is 0 Å².